The van der Waals surface area contributed by atoms with Crippen LogP contribution in [0.4, 0.5) is 22.6 Å². The molecule has 0 aliphatic carbocycles. The summed E-state index contributed by atoms with van der Waals surface area (Å²) in [6.45, 7) is 0.896. The molecule has 0 aliphatic heterocycles. The van der Waals surface area contributed by atoms with E-state index < -0.39 is 47.7 Å². The van der Waals surface area contributed by atoms with E-state index in [4.69, 9.17) is 11.6 Å². The summed E-state index contributed by atoms with van der Waals surface area (Å²) in [4.78, 5) is 24.5. The Morgan fingerprint density at radius 2 is 2.00 bits per heavy atom. The van der Waals surface area contributed by atoms with Gasteiger partial charge in [0.2, 0.25) is 5.91 Å². The Kier molecular flexibility index (Phi) is 6.24. The number of ether oxygens (including phenoxy) is 1. The van der Waals surface area contributed by atoms with Crippen molar-refractivity contribution in [3.05, 3.63) is 32.9 Å². The van der Waals surface area contributed by atoms with E-state index in [2.05, 4.69) is 15.2 Å². The Morgan fingerprint density at radius 1 is 1.35 bits per heavy atom. The summed E-state index contributed by atoms with van der Waals surface area (Å²) < 4.78 is 56.8. The highest BCUT2D eigenvalue weighted by atomic mass is 35.5. The fourth-order valence-corrected chi connectivity index (χ4v) is 3.33. The summed E-state index contributed by atoms with van der Waals surface area (Å²) >= 11 is 6.58. The van der Waals surface area contributed by atoms with Crippen LogP contribution in [0, 0.1) is 6.92 Å². The van der Waals surface area contributed by atoms with Crippen molar-refractivity contribution in [3.63, 3.8) is 0 Å². The fraction of sp³-hybridized carbons (Fsp3) is 0.357. The monoisotopic (exact) mass is 413 g/mol. The van der Waals surface area contributed by atoms with Crippen molar-refractivity contribution in [3.8, 4) is 0 Å². The molecular formula is C14H12ClF4N3O3S. The smallest absolute Gasteiger partial charge is 0.340 e. The Morgan fingerprint density at radius 3 is 2.54 bits per heavy atom. The normalized spacial score (nSPS) is 11.3. The number of rotatable bonds is 6. The van der Waals surface area contributed by atoms with Crippen molar-refractivity contribution in [2.45, 2.75) is 26.3 Å². The second-order valence-corrected chi connectivity index (χ2v) is 6.62. The van der Waals surface area contributed by atoms with E-state index in [0.717, 1.165) is 18.4 Å². The third-order valence-electron chi connectivity index (χ3n) is 3.18. The predicted octanol–water partition coefficient (Wildman–Crippen LogP) is 4.21. The number of methoxy groups -OCH3 is 1. The number of carbonyl (C=O) groups is 2. The van der Waals surface area contributed by atoms with Crippen LogP contribution in [0.2, 0.25) is 5.02 Å². The van der Waals surface area contributed by atoms with Crippen molar-refractivity contribution in [1.82, 2.24) is 9.78 Å². The molecule has 0 spiro atoms. The van der Waals surface area contributed by atoms with Crippen molar-refractivity contribution in [2.24, 2.45) is 0 Å². The van der Waals surface area contributed by atoms with Gasteiger partial charge in [-0.1, -0.05) is 11.6 Å². The van der Waals surface area contributed by atoms with Gasteiger partial charge in [-0.3, -0.25) is 9.48 Å². The van der Waals surface area contributed by atoms with Gasteiger partial charge in [0.1, 0.15) is 22.9 Å². The molecule has 0 saturated carbocycles. The second-order valence-electron chi connectivity index (χ2n) is 4.98. The number of alkyl halides is 4. The number of thiophene rings is 1. The first-order chi connectivity index (χ1) is 12.1. The zero-order valence-electron chi connectivity index (χ0n) is 13.4. The number of amides is 1. The van der Waals surface area contributed by atoms with E-state index in [0.29, 0.717) is 9.56 Å². The van der Waals surface area contributed by atoms with Crippen LogP contribution in [-0.2, 0) is 16.1 Å². The second kappa shape index (κ2) is 8.04. The molecule has 1 N–H and O–H groups in total. The SMILES string of the molecule is COC(=O)c1cc(C)sc1NC(=O)Cn1nc(C(F)F)c(Cl)c1C(F)F. The minimum atomic E-state index is -3.20. The van der Waals surface area contributed by atoms with Gasteiger partial charge in [-0.2, -0.15) is 5.10 Å². The Balaban J connectivity index is 2.26. The molecule has 0 unspecified atom stereocenters. The van der Waals surface area contributed by atoms with Gasteiger partial charge in [-0.15, -0.1) is 11.3 Å². The van der Waals surface area contributed by atoms with Gasteiger partial charge in [0.15, 0.2) is 0 Å². The molecule has 0 bridgehead atoms. The zero-order valence-corrected chi connectivity index (χ0v) is 14.9. The fourth-order valence-electron chi connectivity index (χ4n) is 2.11. The molecular weight excluding hydrogens is 402 g/mol. The number of hydrogen-bond acceptors (Lipinski definition) is 5. The standard InChI is InChI=1S/C14H12ClF4N3O3S/c1-5-3-6(14(24)25-2)13(26-5)20-7(23)4-22-10(12(18)19)8(15)9(21-22)11(16)17/h3,11-12H,4H2,1-2H3,(H,20,23). The van der Waals surface area contributed by atoms with Crippen LogP contribution in [0.3, 0.4) is 0 Å². The zero-order chi connectivity index (χ0) is 19.6. The molecule has 0 aliphatic rings. The predicted molar refractivity (Wildman–Crippen MR) is 86.2 cm³/mol. The maximum atomic E-state index is 13.1. The number of nitrogens with one attached hydrogen (secondary N) is 1. The van der Waals surface area contributed by atoms with Gasteiger partial charge in [-0.25, -0.2) is 22.4 Å². The van der Waals surface area contributed by atoms with Crippen molar-refractivity contribution in [1.29, 1.82) is 0 Å². The number of hydrogen-bond donors (Lipinski definition) is 1. The van der Waals surface area contributed by atoms with Gasteiger partial charge in [0.25, 0.3) is 12.9 Å². The molecule has 0 aromatic carbocycles. The number of nitrogens with zero attached hydrogens (tertiary/aromatic N) is 2. The number of carbonyl (C=O) groups excluding carboxylic acids is 2. The first-order valence-electron chi connectivity index (χ1n) is 6.96. The molecule has 0 fully saturated rings. The van der Waals surface area contributed by atoms with Gasteiger partial charge in [0, 0.05) is 4.88 Å². The van der Waals surface area contributed by atoms with Gasteiger partial charge in [-0.05, 0) is 13.0 Å². The van der Waals surface area contributed by atoms with E-state index in [-0.39, 0.29) is 10.6 Å². The molecule has 0 atom stereocenters. The molecule has 0 radical (unpaired) electrons. The number of aryl methyl sites for hydroxylation is 1. The van der Waals surface area contributed by atoms with Crippen LogP contribution in [0.5, 0.6) is 0 Å². The molecule has 2 aromatic rings. The summed E-state index contributed by atoms with van der Waals surface area (Å²) in [6.07, 6.45) is -6.37. The van der Waals surface area contributed by atoms with Crippen LogP contribution in [0.15, 0.2) is 6.07 Å². The number of anilines is 1. The highest BCUT2D eigenvalue weighted by molar-refractivity contribution is 7.16. The molecule has 2 aromatic heterocycles. The van der Waals surface area contributed by atoms with Gasteiger partial charge in [0.05, 0.1) is 17.7 Å². The summed E-state index contributed by atoms with van der Waals surface area (Å²) in [6, 6.07) is 1.48. The van der Waals surface area contributed by atoms with E-state index in [1.165, 1.54) is 6.07 Å². The maximum absolute atomic E-state index is 13.1. The van der Waals surface area contributed by atoms with Crippen molar-refractivity contribution < 1.29 is 31.9 Å². The first-order valence-corrected chi connectivity index (χ1v) is 8.16. The molecule has 26 heavy (non-hydrogen) atoms. The molecule has 0 saturated heterocycles. The summed E-state index contributed by atoms with van der Waals surface area (Å²) in [5.41, 5.74) is -1.92. The summed E-state index contributed by atoms with van der Waals surface area (Å²) in [5.74, 6) is -1.54. The number of esters is 1. The molecule has 12 heteroatoms. The van der Waals surface area contributed by atoms with E-state index in [9.17, 15) is 27.2 Å². The van der Waals surface area contributed by atoms with Crippen molar-refractivity contribution in [2.75, 3.05) is 12.4 Å². The third kappa shape index (κ3) is 4.15. The summed E-state index contributed by atoms with van der Waals surface area (Å²) in [5, 5.41) is 4.92. The molecule has 2 heterocycles. The Hall–Kier alpha value is -2.14. The van der Waals surface area contributed by atoms with Crippen LogP contribution in [0.25, 0.3) is 0 Å². The van der Waals surface area contributed by atoms with E-state index in [1.54, 1.807) is 6.92 Å². The van der Waals surface area contributed by atoms with Gasteiger partial charge >= 0.3 is 5.97 Å². The lowest BCUT2D eigenvalue weighted by Gasteiger charge is -2.08. The van der Waals surface area contributed by atoms with Crippen LogP contribution < -0.4 is 5.32 Å². The molecule has 142 valence electrons. The molecule has 2 rings (SSSR count). The number of halogens is 5. The minimum Gasteiger partial charge on any atom is -0.465 e. The van der Waals surface area contributed by atoms with Crippen LogP contribution in [0.1, 0.15) is 39.5 Å². The van der Waals surface area contributed by atoms with E-state index in [1.807, 2.05) is 0 Å². The first kappa shape index (κ1) is 20.2. The lowest BCUT2D eigenvalue weighted by atomic mass is 10.3. The Labute approximate surface area is 153 Å². The van der Waals surface area contributed by atoms with Gasteiger partial charge < -0.3 is 10.1 Å². The lowest BCUT2D eigenvalue weighted by molar-refractivity contribution is -0.117. The van der Waals surface area contributed by atoms with Crippen LogP contribution >= 0.6 is 22.9 Å². The summed E-state index contributed by atoms with van der Waals surface area (Å²) in [7, 11) is 1.16. The topological polar surface area (TPSA) is 73.2 Å². The number of aromatic nitrogens is 2. The lowest BCUT2D eigenvalue weighted by Crippen LogP contribution is -2.21. The average molecular weight is 414 g/mol. The average Bonchev–Trinajstić information content (AvgIpc) is 3.06. The molecule has 6 nitrogen and oxygen atoms in total. The van der Waals surface area contributed by atoms with Crippen molar-refractivity contribution >= 4 is 39.8 Å². The quantitative estimate of drug-likeness (QED) is 0.569. The highest BCUT2D eigenvalue weighted by Gasteiger charge is 2.29. The largest absolute Gasteiger partial charge is 0.465 e. The van der Waals surface area contributed by atoms with Crippen LogP contribution in [-0.4, -0.2) is 28.8 Å². The highest BCUT2D eigenvalue weighted by Crippen LogP contribution is 2.34. The maximum Gasteiger partial charge on any atom is 0.340 e. The third-order valence-corrected chi connectivity index (χ3v) is 4.53. The molecule has 1 amide bonds. The Bertz CT molecular complexity index is 838. The van der Waals surface area contributed by atoms with E-state index >= 15 is 0 Å². The minimum absolute atomic E-state index is 0.0872.